The molecule has 0 bridgehead atoms. The molecule has 1 aromatic heterocycles. The van der Waals surface area contributed by atoms with Crippen LogP contribution in [0.1, 0.15) is 47.6 Å². The summed E-state index contributed by atoms with van der Waals surface area (Å²) in [7, 11) is 1.61. The average Bonchev–Trinajstić information content (AvgIpc) is 3.41. The lowest BCUT2D eigenvalue weighted by atomic mass is 10.0. The Balaban J connectivity index is 1.28. The zero-order valence-electron chi connectivity index (χ0n) is 20.4. The quantitative estimate of drug-likeness (QED) is 0.360. The number of aliphatic hydroxyl groups excluding tert-OH is 1. The highest BCUT2D eigenvalue weighted by Gasteiger charge is 2.39. The lowest BCUT2D eigenvalue weighted by molar-refractivity contribution is -0.132. The number of rotatable bonds is 5. The number of ether oxygens (including phenoxy) is 1. The van der Waals surface area contributed by atoms with Gasteiger partial charge < -0.3 is 30.7 Å². The van der Waals surface area contributed by atoms with Crippen molar-refractivity contribution in [1.82, 2.24) is 20.5 Å². The maximum absolute atomic E-state index is 12.9. The summed E-state index contributed by atoms with van der Waals surface area (Å²) in [6.07, 6.45) is -0.0994. The Labute approximate surface area is 225 Å². The summed E-state index contributed by atoms with van der Waals surface area (Å²) >= 11 is 5.00. The summed E-state index contributed by atoms with van der Waals surface area (Å²) < 4.78 is 7.08. The van der Waals surface area contributed by atoms with Crippen LogP contribution < -0.4 is 20.7 Å². The molecule has 0 radical (unpaired) electrons. The number of carbonyl (C=O) groups excluding carboxylic acids is 3. The lowest BCUT2D eigenvalue weighted by Gasteiger charge is -2.32. The fourth-order valence-electron chi connectivity index (χ4n) is 4.60. The Morgan fingerprint density at radius 2 is 2.05 bits per heavy atom. The molecule has 1 saturated heterocycles. The first kappa shape index (κ1) is 25.4. The number of methoxy groups -OCH3 is 1. The molecule has 2 aliphatic heterocycles. The number of nitrogens with one attached hydrogen (secondary N) is 3. The van der Waals surface area contributed by atoms with Crippen molar-refractivity contribution in [3.8, 4) is 5.75 Å². The van der Waals surface area contributed by atoms with Gasteiger partial charge in [-0.15, -0.1) is 11.3 Å². The minimum atomic E-state index is -0.880. The van der Waals surface area contributed by atoms with Crippen molar-refractivity contribution >= 4 is 61.0 Å². The molecule has 2 unspecified atom stereocenters. The zero-order valence-corrected chi connectivity index (χ0v) is 22.8. The SMILES string of the molecule is COc1cc(Br)c2nc(C(C)(C)NC(=O)Nc3ccc4c(c3)CN(C3CCC(O)NC3=O)C4=O)sc2c1. The van der Waals surface area contributed by atoms with Crippen LogP contribution in [0.2, 0.25) is 0 Å². The number of nitrogens with zero attached hydrogens (tertiary/aromatic N) is 2. The Morgan fingerprint density at radius 3 is 2.78 bits per heavy atom. The van der Waals surface area contributed by atoms with Gasteiger partial charge in [0.1, 0.15) is 23.0 Å². The van der Waals surface area contributed by atoms with Crippen LogP contribution in [0.25, 0.3) is 10.2 Å². The van der Waals surface area contributed by atoms with Gasteiger partial charge in [0.15, 0.2) is 0 Å². The summed E-state index contributed by atoms with van der Waals surface area (Å²) in [4.78, 5) is 44.4. The molecule has 2 aromatic carbocycles. The molecule has 4 N–H and O–H groups in total. The van der Waals surface area contributed by atoms with Gasteiger partial charge in [0.2, 0.25) is 5.91 Å². The van der Waals surface area contributed by atoms with Crippen LogP contribution in [0, 0.1) is 0 Å². The molecule has 12 heteroatoms. The van der Waals surface area contributed by atoms with Gasteiger partial charge >= 0.3 is 6.03 Å². The molecule has 194 valence electrons. The number of amides is 4. The third-order valence-electron chi connectivity index (χ3n) is 6.51. The molecule has 0 saturated carbocycles. The Hall–Kier alpha value is -3.22. The molecule has 10 nitrogen and oxygen atoms in total. The van der Waals surface area contributed by atoms with E-state index in [0.717, 1.165) is 25.3 Å². The number of fused-ring (bicyclic) bond motifs is 2. The highest BCUT2D eigenvalue weighted by atomic mass is 79.9. The number of aromatic nitrogens is 1. The highest BCUT2D eigenvalue weighted by Crippen LogP contribution is 2.36. The summed E-state index contributed by atoms with van der Waals surface area (Å²) in [5, 5.41) is 18.7. The van der Waals surface area contributed by atoms with Crippen LogP contribution in [-0.2, 0) is 16.9 Å². The fraction of sp³-hybridized carbons (Fsp3) is 0.360. The van der Waals surface area contributed by atoms with E-state index >= 15 is 0 Å². The van der Waals surface area contributed by atoms with Crippen molar-refractivity contribution < 1.29 is 24.2 Å². The molecular weight excluding hydrogens is 562 g/mol. The van der Waals surface area contributed by atoms with Gasteiger partial charge in [-0.3, -0.25) is 9.59 Å². The Morgan fingerprint density at radius 1 is 1.27 bits per heavy atom. The summed E-state index contributed by atoms with van der Waals surface area (Å²) in [5.41, 5.74) is 1.79. The Kier molecular flexibility index (Phi) is 6.59. The van der Waals surface area contributed by atoms with Crippen LogP contribution in [0.15, 0.2) is 34.8 Å². The molecule has 2 atom stereocenters. The highest BCUT2D eigenvalue weighted by molar-refractivity contribution is 9.10. The van der Waals surface area contributed by atoms with E-state index in [1.165, 1.54) is 16.2 Å². The van der Waals surface area contributed by atoms with Crippen molar-refractivity contribution in [2.45, 2.75) is 51.0 Å². The monoisotopic (exact) mass is 587 g/mol. The molecule has 0 aliphatic carbocycles. The average molecular weight is 588 g/mol. The zero-order chi connectivity index (χ0) is 26.5. The molecule has 5 rings (SSSR count). The number of halogens is 1. The number of aliphatic hydroxyl groups is 1. The minimum absolute atomic E-state index is 0.234. The number of urea groups is 1. The van der Waals surface area contributed by atoms with E-state index in [2.05, 4.69) is 31.9 Å². The van der Waals surface area contributed by atoms with Crippen LogP contribution in [0.5, 0.6) is 5.75 Å². The number of benzene rings is 2. The van der Waals surface area contributed by atoms with Gasteiger partial charge in [0, 0.05) is 22.3 Å². The molecule has 3 heterocycles. The number of hydrogen-bond donors (Lipinski definition) is 4. The predicted molar refractivity (Wildman–Crippen MR) is 143 cm³/mol. The first-order valence-electron chi connectivity index (χ1n) is 11.7. The van der Waals surface area contributed by atoms with Crippen molar-refractivity contribution in [1.29, 1.82) is 0 Å². The second-order valence-corrected chi connectivity index (χ2v) is 11.5. The third kappa shape index (κ3) is 4.88. The number of carbonyl (C=O) groups is 3. The van der Waals surface area contributed by atoms with Crippen LogP contribution in [0.3, 0.4) is 0 Å². The first-order valence-corrected chi connectivity index (χ1v) is 13.3. The molecule has 0 spiro atoms. The summed E-state index contributed by atoms with van der Waals surface area (Å²) in [5.74, 6) is 0.121. The van der Waals surface area contributed by atoms with E-state index < -0.39 is 23.8 Å². The van der Waals surface area contributed by atoms with Gasteiger partial charge in [0.25, 0.3) is 5.91 Å². The standard InChI is InChI=1S/C25H26BrN5O5S/c1-25(2,23-29-20-16(26)9-14(36-3)10-18(20)37-23)30-24(35)27-13-4-5-15-12(8-13)11-31(22(15)34)17-6-7-19(32)28-21(17)33/h4-5,8-10,17,19,32H,6-7,11H2,1-3H3,(H,28,33)(H2,27,30,35). The second-order valence-electron chi connectivity index (χ2n) is 9.60. The van der Waals surface area contributed by atoms with E-state index in [-0.39, 0.29) is 18.4 Å². The van der Waals surface area contributed by atoms with Gasteiger partial charge in [-0.1, -0.05) is 0 Å². The van der Waals surface area contributed by atoms with Crippen molar-refractivity contribution in [3.05, 3.63) is 50.9 Å². The van der Waals surface area contributed by atoms with Crippen LogP contribution >= 0.6 is 27.3 Å². The van der Waals surface area contributed by atoms with Gasteiger partial charge in [-0.25, -0.2) is 9.78 Å². The van der Waals surface area contributed by atoms with Gasteiger partial charge in [-0.2, -0.15) is 0 Å². The lowest BCUT2D eigenvalue weighted by Crippen LogP contribution is -2.54. The van der Waals surface area contributed by atoms with E-state index in [1.54, 1.807) is 25.3 Å². The maximum atomic E-state index is 12.9. The molecule has 3 aromatic rings. The largest absolute Gasteiger partial charge is 0.497 e. The van der Waals surface area contributed by atoms with E-state index in [1.807, 2.05) is 26.0 Å². The maximum Gasteiger partial charge on any atom is 0.319 e. The number of anilines is 1. The summed E-state index contributed by atoms with van der Waals surface area (Å²) in [6.45, 7) is 4.01. The number of thiazole rings is 1. The number of hydrogen-bond acceptors (Lipinski definition) is 7. The smallest absolute Gasteiger partial charge is 0.319 e. The van der Waals surface area contributed by atoms with Crippen molar-refractivity contribution in [3.63, 3.8) is 0 Å². The topological polar surface area (TPSA) is 133 Å². The predicted octanol–water partition coefficient (Wildman–Crippen LogP) is 3.68. The van der Waals surface area contributed by atoms with E-state index in [4.69, 9.17) is 9.72 Å². The molecular formula is C25H26BrN5O5S. The first-order chi connectivity index (χ1) is 17.6. The normalized spacial score (nSPS) is 19.5. The van der Waals surface area contributed by atoms with Gasteiger partial charge in [-0.05, 0) is 78.5 Å². The molecule has 4 amide bonds. The summed E-state index contributed by atoms with van der Waals surface area (Å²) in [6, 6.07) is 7.79. The van der Waals surface area contributed by atoms with Crippen molar-refractivity contribution in [2.75, 3.05) is 12.4 Å². The fourth-order valence-corrected chi connectivity index (χ4v) is 6.34. The van der Waals surface area contributed by atoms with E-state index in [9.17, 15) is 19.5 Å². The third-order valence-corrected chi connectivity index (χ3v) is 8.45. The second kappa shape index (κ2) is 9.58. The van der Waals surface area contributed by atoms with E-state index in [0.29, 0.717) is 29.8 Å². The van der Waals surface area contributed by atoms with Crippen LogP contribution in [-0.4, -0.2) is 52.2 Å². The van der Waals surface area contributed by atoms with Crippen molar-refractivity contribution in [2.24, 2.45) is 0 Å². The van der Waals surface area contributed by atoms with Crippen LogP contribution in [0.4, 0.5) is 10.5 Å². The Bertz CT molecular complexity index is 1420. The molecule has 1 fully saturated rings. The molecule has 37 heavy (non-hydrogen) atoms. The number of piperidine rings is 1. The van der Waals surface area contributed by atoms with Gasteiger partial charge in [0.05, 0.1) is 22.9 Å². The molecule has 2 aliphatic rings. The minimum Gasteiger partial charge on any atom is -0.497 e.